The normalized spacial score (nSPS) is 16.3. The Labute approximate surface area is 152 Å². The Balaban J connectivity index is 1.78. The van der Waals surface area contributed by atoms with Crippen LogP contribution in [0.2, 0.25) is 0 Å². The molecular formula is C18H21BrN2O2S. The Morgan fingerprint density at radius 1 is 1.00 bits per heavy atom. The van der Waals surface area contributed by atoms with Gasteiger partial charge in [0.2, 0.25) is 10.0 Å². The highest BCUT2D eigenvalue weighted by Crippen LogP contribution is 2.26. The van der Waals surface area contributed by atoms with Gasteiger partial charge in [-0.15, -0.1) is 0 Å². The quantitative estimate of drug-likeness (QED) is 0.776. The van der Waals surface area contributed by atoms with Gasteiger partial charge in [0.05, 0.1) is 4.90 Å². The summed E-state index contributed by atoms with van der Waals surface area (Å²) >= 11 is 3.42. The second-order valence-electron chi connectivity index (χ2n) is 5.83. The van der Waals surface area contributed by atoms with E-state index in [4.69, 9.17) is 0 Å². The van der Waals surface area contributed by atoms with Crippen molar-refractivity contribution >= 4 is 31.6 Å². The highest BCUT2D eigenvalue weighted by Gasteiger charge is 2.30. The van der Waals surface area contributed by atoms with Crippen molar-refractivity contribution in [3.8, 4) is 0 Å². The van der Waals surface area contributed by atoms with Crippen LogP contribution in [0.3, 0.4) is 0 Å². The summed E-state index contributed by atoms with van der Waals surface area (Å²) in [6, 6.07) is 15.5. The predicted octanol–water partition coefficient (Wildman–Crippen LogP) is 3.52. The molecule has 4 nitrogen and oxygen atoms in total. The number of nitrogens with zero attached hydrogens (tertiary/aromatic N) is 2. The zero-order chi connectivity index (χ0) is 17.2. The lowest BCUT2D eigenvalue weighted by molar-refractivity contribution is 0.384. The van der Waals surface area contributed by atoms with E-state index in [1.165, 1.54) is 0 Å². The van der Waals surface area contributed by atoms with Gasteiger partial charge in [-0.05, 0) is 42.3 Å². The molecular weight excluding hydrogens is 388 g/mol. The highest BCUT2D eigenvalue weighted by atomic mass is 79.9. The summed E-state index contributed by atoms with van der Waals surface area (Å²) in [5.41, 5.74) is 2.00. The van der Waals surface area contributed by atoms with E-state index < -0.39 is 10.0 Å². The Kier molecular flexibility index (Phi) is 5.27. The van der Waals surface area contributed by atoms with Gasteiger partial charge in [0.25, 0.3) is 0 Å². The molecule has 0 spiro atoms. The minimum Gasteiger partial charge on any atom is -0.369 e. The molecule has 0 radical (unpaired) electrons. The lowest BCUT2D eigenvalue weighted by Crippen LogP contribution is -2.48. The number of benzene rings is 2. The van der Waals surface area contributed by atoms with Crippen LogP contribution in [0.1, 0.15) is 12.5 Å². The number of anilines is 1. The van der Waals surface area contributed by atoms with E-state index in [-0.39, 0.29) is 0 Å². The Morgan fingerprint density at radius 3 is 2.29 bits per heavy atom. The lowest BCUT2D eigenvalue weighted by Gasteiger charge is -2.35. The fourth-order valence-corrected chi connectivity index (χ4v) is 5.15. The molecule has 1 aliphatic heterocycles. The molecule has 3 rings (SSSR count). The van der Waals surface area contributed by atoms with E-state index in [0.29, 0.717) is 37.5 Å². The van der Waals surface area contributed by atoms with Crippen molar-refractivity contribution in [3.05, 3.63) is 58.6 Å². The van der Waals surface area contributed by atoms with Crippen LogP contribution in [0.15, 0.2) is 57.9 Å². The van der Waals surface area contributed by atoms with E-state index in [1.807, 2.05) is 31.2 Å². The molecule has 0 amide bonds. The molecule has 6 heteroatoms. The van der Waals surface area contributed by atoms with Gasteiger partial charge < -0.3 is 4.90 Å². The standard InChI is InChI=1S/C18H21BrN2O2S/c1-2-15-14-16(19)8-9-18(15)24(22,23)21-12-10-20(11-13-21)17-6-4-3-5-7-17/h3-9,14H,2,10-13H2,1H3. The van der Waals surface area contributed by atoms with Crippen LogP contribution in [0.5, 0.6) is 0 Å². The van der Waals surface area contributed by atoms with E-state index in [2.05, 4.69) is 33.0 Å². The molecule has 128 valence electrons. The van der Waals surface area contributed by atoms with Crippen LogP contribution >= 0.6 is 15.9 Å². The van der Waals surface area contributed by atoms with Gasteiger partial charge in [0.1, 0.15) is 0 Å². The minimum absolute atomic E-state index is 0.432. The Hall–Kier alpha value is -1.37. The predicted molar refractivity (Wildman–Crippen MR) is 101 cm³/mol. The van der Waals surface area contributed by atoms with Gasteiger partial charge in [0, 0.05) is 36.3 Å². The van der Waals surface area contributed by atoms with Crippen LogP contribution in [0.25, 0.3) is 0 Å². The molecule has 2 aromatic carbocycles. The molecule has 1 aliphatic rings. The highest BCUT2D eigenvalue weighted by molar-refractivity contribution is 9.10. The van der Waals surface area contributed by atoms with Crippen LogP contribution in [-0.2, 0) is 16.4 Å². The Bertz CT molecular complexity index is 801. The van der Waals surface area contributed by atoms with Crippen LogP contribution in [0, 0.1) is 0 Å². The van der Waals surface area contributed by atoms with E-state index in [9.17, 15) is 8.42 Å². The van der Waals surface area contributed by atoms with E-state index in [0.717, 1.165) is 15.7 Å². The summed E-state index contributed by atoms with van der Waals surface area (Å²) in [6.07, 6.45) is 0.692. The molecule has 0 saturated carbocycles. The first-order valence-electron chi connectivity index (χ1n) is 8.11. The van der Waals surface area contributed by atoms with Crippen molar-refractivity contribution < 1.29 is 8.42 Å². The number of piperazine rings is 1. The zero-order valence-electron chi connectivity index (χ0n) is 13.7. The number of rotatable bonds is 4. The van der Waals surface area contributed by atoms with Crippen molar-refractivity contribution in [3.63, 3.8) is 0 Å². The Morgan fingerprint density at radius 2 is 1.67 bits per heavy atom. The van der Waals surface area contributed by atoms with Gasteiger partial charge in [-0.3, -0.25) is 0 Å². The number of hydrogen-bond donors (Lipinski definition) is 0. The summed E-state index contributed by atoms with van der Waals surface area (Å²) in [4.78, 5) is 2.66. The molecule has 2 aromatic rings. The van der Waals surface area contributed by atoms with Crippen LogP contribution < -0.4 is 4.90 Å². The third-order valence-electron chi connectivity index (χ3n) is 4.38. The van der Waals surface area contributed by atoms with Crippen molar-refractivity contribution in [2.24, 2.45) is 0 Å². The molecule has 0 unspecified atom stereocenters. The fourth-order valence-electron chi connectivity index (χ4n) is 3.04. The van der Waals surface area contributed by atoms with Gasteiger partial charge in [-0.1, -0.05) is 41.1 Å². The lowest BCUT2D eigenvalue weighted by atomic mass is 10.2. The van der Waals surface area contributed by atoms with Gasteiger partial charge in [-0.2, -0.15) is 4.31 Å². The fraction of sp³-hybridized carbons (Fsp3) is 0.333. The molecule has 1 fully saturated rings. The zero-order valence-corrected chi connectivity index (χ0v) is 16.1. The smallest absolute Gasteiger partial charge is 0.243 e. The largest absolute Gasteiger partial charge is 0.369 e. The second-order valence-corrected chi connectivity index (χ2v) is 8.65. The van der Waals surface area contributed by atoms with Crippen molar-refractivity contribution in [1.82, 2.24) is 4.31 Å². The number of para-hydroxylation sites is 1. The molecule has 0 aromatic heterocycles. The number of sulfonamides is 1. The number of halogens is 1. The van der Waals surface area contributed by atoms with Crippen LogP contribution in [0.4, 0.5) is 5.69 Å². The molecule has 24 heavy (non-hydrogen) atoms. The van der Waals surface area contributed by atoms with Crippen molar-refractivity contribution in [2.75, 3.05) is 31.1 Å². The number of hydrogen-bond acceptors (Lipinski definition) is 3. The molecule has 0 atom stereocenters. The topological polar surface area (TPSA) is 40.6 Å². The second kappa shape index (κ2) is 7.25. The maximum Gasteiger partial charge on any atom is 0.243 e. The third-order valence-corrected chi connectivity index (χ3v) is 6.87. The van der Waals surface area contributed by atoms with Crippen molar-refractivity contribution in [1.29, 1.82) is 0 Å². The van der Waals surface area contributed by atoms with Gasteiger partial charge in [0.15, 0.2) is 0 Å². The molecule has 0 bridgehead atoms. The maximum absolute atomic E-state index is 13.0. The monoisotopic (exact) mass is 408 g/mol. The van der Waals surface area contributed by atoms with Crippen molar-refractivity contribution in [2.45, 2.75) is 18.2 Å². The average molecular weight is 409 g/mol. The summed E-state index contributed by atoms with van der Waals surface area (Å²) in [5.74, 6) is 0. The van der Waals surface area contributed by atoms with E-state index >= 15 is 0 Å². The summed E-state index contributed by atoms with van der Waals surface area (Å²) in [5, 5.41) is 0. The molecule has 0 aliphatic carbocycles. The SMILES string of the molecule is CCc1cc(Br)ccc1S(=O)(=O)N1CCN(c2ccccc2)CC1. The molecule has 1 heterocycles. The molecule has 1 saturated heterocycles. The summed E-state index contributed by atoms with van der Waals surface area (Å²) in [6.45, 7) is 4.42. The first kappa shape index (κ1) is 17.5. The minimum atomic E-state index is -3.44. The summed E-state index contributed by atoms with van der Waals surface area (Å²) in [7, 11) is -3.44. The van der Waals surface area contributed by atoms with Crippen LogP contribution in [-0.4, -0.2) is 38.9 Å². The summed E-state index contributed by atoms with van der Waals surface area (Å²) < 4.78 is 28.5. The first-order chi connectivity index (χ1) is 11.5. The van der Waals surface area contributed by atoms with Gasteiger partial charge >= 0.3 is 0 Å². The third kappa shape index (κ3) is 3.50. The average Bonchev–Trinajstić information content (AvgIpc) is 2.62. The van der Waals surface area contributed by atoms with Gasteiger partial charge in [-0.25, -0.2) is 8.42 Å². The van der Waals surface area contributed by atoms with E-state index in [1.54, 1.807) is 16.4 Å². The first-order valence-corrected chi connectivity index (χ1v) is 10.3. The number of aryl methyl sites for hydroxylation is 1. The molecule has 0 N–H and O–H groups in total. The maximum atomic E-state index is 13.0.